The summed E-state index contributed by atoms with van der Waals surface area (Å²) in [6, 6.07) is 6.66. The summed E-state index contributed by atoms with van der Waals surface area (Å²) in [7, 11) is 4.23. The predicted octanol–water partition coefficient (Wildman–Crippen LogP) is 2.51. The van der Waals surface area contributed by atoms with Gasteiger partial charge in [-0.3, -0.25) is 9.69 Å². The van der Waals surface area contributed by atoms with Crippen LogP contribution in [0.25, 0.3) is 0 Å². The predicted molar refractivity (Wildman–Crippen MR) is 83.4 cm³/mol. The van der Waals surface area contributed by atoms with Gasteiger partial charge in [0.2, 0.25) is 0 Å². The zero-order valence-corrected chi connectivity index (χ0v) is 13.1. The van der Waals surface area contributed by atoms with Gasteiger partial charge in [-0.25, -0.2) is 0 Å². The Morgan fingerprint density at radius 3 is 2.75 bits per heavy atom. The van der Waals surface area contributed by atoms with E-state index in [1.807, 2.05) is 26.1 Å². The van der Waals surface area contributed by atoms with Crippen molar-refractivity contribution in [3.8, 4) is 0 Å². The van der Waals surface area contributed by atoms with Gasteiger partial charge in [0.05, 0.1) is 6.54 Å². The zero-order chi connectivity index (χ0) is 14.7. The van der Waals surface area contributed by atoms with E-state index in [-0.39, 0.29) is 5.78 Å². The van der Waals surface area contributed by atoms with Gasteiger partial charge in [-0.2, -0.15) is 0 Å². The maximum absolute atomic E-state index is 12.4. The van der Waals surface area contributed by atoms with E-state index in [1.165, 1.54) is 24.9 Å². The Bertz CT molecular complexity index is 484. The average Bonchev–Trinajstić information content (AvgIpc) is 2.74. The number of aryl methyl sites for hydroxylation is 2. The standard InChI is InChI=1S/C17H26N2O/c1-13-7-8-16(14(2)10-13)17(20)12-18(3)11-15-6-5-9-19(15)4/h7-8,10,15H,5-6,9,11-12H2,1-4H3. The van der Waals surface area contributed by atoms with Crippen LogP contribution in [-0.2, 0) is 0 Å². The van der Waals surface area contributed by atoms with Gasteiger partial charge in [0.1, 0.15) is 0 Å². The molecule has 1 unspecified atom stereocenters. The van der Waals surface area contributed by atoms with Crippen LogP contribution in [0.4, 0.5) is 0 Å². The van der Waals surface area contributed by atoms with Crippen molar-refractivity contribution in [2.45, 2.75) is 32.7 Å². The fraction of sp³-hybridized carbons (Fsp3) is 0.588. The van der Waals surface area contributed by atoms with Crippen molar-refractivity contribution >= 4 is 5.78 Å². The molecule has 1 heterocycles. The van der Waals surface area contributed by atoms with Crippen LogP contribution in [0.5, 0.6) is 0 Å². The van der Waals surface area contributed by atoms with Crippen LogP contribution in [0, 0.1) is 13.8 Å². The summed E-state index contributed by atoms with van der Waals surface area (Å²) < 4.78 is 0. The zero-order valence-electron chi connectivity index (χ0n) is 13.1. The number of benzene rings is 1. The molecule has 20 heavy (non-hydrogen) atoms. The molecule has 0 saturated carbocycles. The minimum atomic E-state index is 0.227. The van der Waals surface area contributed by atoms with Gasteiger partial charge in [0.25, 0.3) is 0 Å². The first-order valence-electron chi connectivity index (χ1n) is 7.46. The molecule has 1 aromatic carbocycles. The number of nitrogens with zero attached hydrogens (tertiary/aromatic N) is 2. The van der Waals surface area contributed by atoms with Crippen LogP contribution in [-0.4, -0.2) is 55.4 Å². The molecule has 2 rings (SSSR count). The second-order valence-electron chi connectivity index (χ2n) is 6.21. The fourth-order valence-corrected chi connectivity index (χ4v) is 3.09. The highest BCUT2D eigenvalue weighted by molar-refractivity contribution is 5.98. The number of likely N-dealkylation sites (N-methyl/N-ethyl adjacent to an activating group) is 2. The lowest BCUT2D eigenvalue weighted by atomic mass is 10.0. The smallest absolute Gasteiger partial charge is 0.177 e. The van der Waals surface area contributed by atoms with Gasteiger partial charge < -0.3 is 4.90 Å². The summed E-state index contributed by atoms with van der Waals surface area (Å²) in [6.07, 6.45) is 2.53. The molecule has 3 heteroatoms. The molecule has 0 N–H and O–H groups in total. The Balaban J connectivity index is 1.93. The third kappa shape index (κ3) is 3.68. The van der Waals surface area contributed by atoms with Crippen LogP contribution in [0.2, 0.25) is 0 Å². The first kappa shape index (κ1) is 15.2. The van der Waals surface area contributed by atoms with Crippen molar-refractivity contribution in [3.05, 3.63) is 34.9 Å². The van der Waals surface area contributed by atoms with Crippen molar-refractivity contribution in [2.24, 2.45) is 0 Å². The molecule has 1 saturated heterocycles. The molecule has 1 fully saturated rings. The van der Waals surface area contributed by atoms with E-state index >= 15 is 0 Å². The monoisotopic (exact) mass is 274 g/mol. The molecule has 0 radical (unpaired) electrons. The highest BCUT2D eigenvalue weighted by Crippen LogP contribution is 2.16. The van der Waals surface area contributed by atoms with E-state index in [0.717, 1.165) is 17.7 Å². The van der Waals surface area contributed by atoms with E-state index in [2.05, 4.69) is 29.8 Å². The number of likely N-dealkylation sites (tertiary alicyclic amines) is 1. The Labute approximate surface area is 122 Å². The molecule has 0 aliphatic carbocycles. The summed E-state index contributed by atoms with van der Waals surface area (Å²) in [5, 5.41) is 0. The first-order valence-corrected chi connectivity index (χ1v) is 7.46. The molecule has 0 aromatic heterocycles. The Morgan fingerprint density at radius 1 is 1.40 bits per heavy atom. The lowest BCUT2D eigenvalue weighted by Gasteiger charge is -2.25. The van der Waals surface area contributed by atoms with Crippen molar-refractivity contribution in [3.63, 3.8) is 0 Å². The molecular weight excluding hydrogens is 248 g/mol. The van der Waals surface area contributed by atoms with Crippen molar-refractivity contribution < 1.29 is 4.79 Å². The number of rotatable bonds is 5. The SMILES string of the molecule is Cc1ccc(C(=O)CN(C)CC2CCCN2C)c(C)c1. The van der Waals surface area contributed by atoms with E-state index in [9.17, 15) is 4.79 Å². The van der Waals surface area contributed by atoms with E-state index in [1.54, 1.807) is 0 Å². The molecule has 0 bridgehead atoms. The lowest BCUT2D eigenvalue weighted by molar-refractivity contribution is 0.0931. The molecule has 110 valence electrons. The second-order valence-corrected chi connectivity index (χ2v) is 6.21. The number of hydrogen-bond acceptors (Lipinski definition) is 3. The van der Waals surface area contributed by atoms with Crippen molar-refractivity contribution in [1.29, 1.82) is 0 Å². The average molecular weight is 274 g/mol. The van der Waals surface area contributed by atoms with Crippen LogP contribution in [0.15, 0.2) is 18.2 Å². The maximum Gasteiger partial charge on any atom is 0.177 e. The molecule has 1 aliphatic heterocycles. The lowest BCUT2D eigenvalue weighted by Crippen LogP contribution is -2.38. The maximum atomic E-state index is 12.4. The quantitative estimate of drug-likeness (QED) is 0.771. The first-order chi connectivity index (χ1) is 9.47. The van der Waals surface area contributed by atoms with Gasteiger partial charge >= 0.3 is 0 Å². The number of carbonyl (C=O) groups is 1. The van der Waals surface area contributed by atoms with Crippen LogP contribution >= 0.6 is 0 Å². The normalized spacial score (nSPS) is 19.8. The molecule has 0 spiro atoms. The second kappa shape index (κ2) is 6.51. The molecule has 0 amide bonds. The minimum Gasteiger partial charge on any atom is -0.302 e. The molecule has 1 atom stereocenters. The van der Waals surface area contributed by atoms with Gasteiger partial charge in [0, 0.05) is 18.2 Å². The summed E-state index contributed by atoms with van der Waals surface area (Å²) in [5.41, 5.74) is 3.16. The molecule has 3 nitrogen and oxygen atoms in total. The van der Waals surface area contributed by atoms with Gasteiger partial charge in [-0.1, -0.05) is 23.8 Å². The topological polar surface area (TPSA) is 23.6 Å². The largest absolute Gasteiger partial charge is 0.302 e. The summed E-state index contributed by atoms with van der Waals surface area (Å²) in [5.74, 6) is 0.227. The summed E-state index contributed by atoms with van der Waals surface area (Å²) >= 11 is 0. The van der Waals surface area contributed by atoms with Gasteiger partial charge in [0.15, 0.2) is 5.78 Å². The van der Waals surface area contributed by atoms with Crippen LogP contribution in [0.3, 0.4) is 0 Å². The molecule has 1 aromatic rings. The highest BCUT2D eigenvalue weighted by Gasteiger charge is 2.23. The van der Waals surface area contributed by atoms with E-state index in [0.29, 0.717) is 12.6 Å². The Kier molecular flexibility index (Phi) is 4.95. The van der Waals surface area contributed by atoms with Crippen LogP contribution in [0.1, 0.15) is 34.3 Å². The van der Waals surface area contributed by atoms with E-state index < -0.39 is 0 Å². The van der Waals surface area contributed by atoms with E-state index in [4.69, 9.17) is 0 Å². The van der Waals surface area contributed by atoms with Crippen molar-refractivity contribution in [1.82, 2.24) is 9.80 Å². The Hall–Kier alpha value is -1.19. The third-order valence-electron chi connectivity index (χ3n) is 4.29. The number of Topliss-reactive ketones (excluding diaryl/α,β-unsaturated/α-hetero) is 1. The van der Waals surface area contributed by atoms with Crippen molar-refractivity contribution in [2.75, 3.05) is 33.7 Å². The fourth-order valence-electron chi connectivity index (χ4n) is 3.09. The summed E-state index contributed by atoms with van der Waals surface area (Å²) in [4.78, 5) is 16.9. The Morgan fingerprint density at radius 2 is 2.15 bits per heavy atom. The number of ketones is 1. The van der Waals surface area contributed by atoms with Gasteiger partial charge in [-0.15, -0.1) is 0 Å². The van der Waals surface area contributed by atoms with Gasteiger partial charge in [-0.05, 0) is 52.9 Å². The van der Waals surface area contributed by atoms with Crippen LogP contribution < -0.4 is 0 Å². The third-order valence-corrected chi connectivity index (χ3v) is 4.29. The number of hydrogen-bond donors (Lipinski definition) is 0. The minimum absolute atomic E-state index is 0.227. The molecular formula is C17H26N2O. The summed E-state index contributed by atoms with van der Waals surface area (Å²) in [6.45, 7) is 6.75. The molecule has 1 aliphatic rings. The number of carbonyl (C=O) groups excluding carboxylic acids is 1. The highest BCUT2D eigenvalue weighted by atomic mass is 16.1.